The van der Waals surface area contributed by atoms with Gasteiger partial charge in [-0.05, 0) is 50.1 Å². The first-order valence-electron chi connectivity index (χ1n) is 9.13. The van der Waals surface area contributed by atoms with Crippen molar-refractivity contribution in [2.75, 3.05) is 52.9 Å². The van der Waals surface area contributed by atoms with Crippen LogP contribution in [0.2, 0.25) is 0 Å². The standard InChI is InChI=1S/C19H28N4O2/c1-21-10-12-22(13-11-21)14-15-6-8-23(9-7-15)19(25)17-4-2-16(3-5-17)18(20)24/h2-5,15H,6-14H2,1H3,(H2,20,24). The summed E-state index contributed by atoms with van der Waals surface area (Å²) in [5.41, 5.74) is 6.30. The average Bonchev–Trinajstić information content (AvgIpc) is 2.64. The molecule has 2 N–H and O–H groups in total. The molecule has 3 rings (SSSR count). The molecule has 2 fully saturated rings. The number of likely N-dealkylation sites (tertiary alicyclic amines) is 1. The molecule has 0 saturated carbocycles. The number of nitrogens with two attached hydrogens (primary N) is 1. The van der Waals surface area contributed by atoms with Crippen LogP contribution in [-0.4, -0.2) is 79.4 Å². The second kappa shape index (κ2) is 7.97. The SMILES string of the molecule is CN1CCN(CC2CCN(C(=O)c3ccc(C(N)=O)cc3)CC2)CC1. The van der Waals surface area contributed by atoms with Crippen LogP contribution >= 0.6 is 0 Å². The summed E-state index contributed by atoms with van der Waals surface area (Å²) < 4.78 is 0. The van der Waals surface area contributed by atoms with Gasteiger partial charge in [0.2, 0.25) is 5.91 Å². The Kier molecular flexibility index (Phi) is 5.71. The van der Waals surface area contributed by atoms with Crippen LogP contribution in [0, 0.1) is 5.92 Å². The van der Waals surface area contributed by atoms with Crippen LogP contribution in [0.15, 0.2) is 24.3 Å². The monoisotopic (exact) mass is 344 g/mol. The largest absolute Gasteiger partial charge is 0.366 e. The number of hydrogen-bond donors (Lipinski definition) is 1. The highest BCUT2D eigenvalue weighted by Crippen LogP contribution is 2.21. The van der Waals surface area contributed by atoms with E-state index >= 15 is 0 Å². The summed E-state index contributed by atoms with van der Waals surface area (Å²) in [7, 11) is 2.18. The molecule has 6 nitrogen and oxygen atoms in total. The first kappa shape index (κ1) is 17.9. The number of benzene rings is 1. The minimum absolute atomic E-state index is 0.0501. The van der Waals surface area contributed by atoms with Crippen LogP contribution in [0.4, 0.5) is 0 Å². The quantitative estimate of drug-likeness (QED) is 0.880. The molecule has 2 heterocycles. The summed E-state index contributed by atoms with van der Waals surface area (Å²) in [6.07, 6.45) is 2.13. The zero-order valence-electron chi connectivity index (χ0n) is 15.0. The van der Waals surface area contributed by atoms with Gasteiger partial charge in [0.05, 0.1) is 0 Å². The van der Waals surface area contributed by atoms with Gasteiger partial charge in [0.15, 0.2) is 0 Å². The van der Waals surface area contributed by atoms with E-state index in [0.717, 1.165) is 58.7 Å². The Morgan fingerprint density at radius 1 is 0.960 bits per heavy atom. The Morgan fingerprint density at radius 2 is 1.52 bits per heavy atom. The molecule has 0 aromatic heterocycles. The highest BCUT2D eigenvalue weighted by atomic mass is 16.2. The molecule has 0 atom stereocenters. The number of rotatable bonds is 4. The molecule has 2 saturated heterocycles. The molecule has 0 aliphatic carbocycles. The number of amides is 2. The first-order valence-corrected chi connectivity index (χ1v) is 9.13. The summed E-state index contributed by atoms with van der Waals surface area (Å²) in [5, 5.41) is 0. The van der Waals surface area contributed by atoms with Gasteiger partial charge in [0, 0.05) is 56.9 Å². The number of carbonyl (C=O) groups excluding carboxylic acids is 2. The van der Waals surface area contributed by atoms with Gasteiger partial charge in [-0.15, -0.1) is 0 Å². The Hall–Kier alpha value is -1.92. The van der Waals surface area contributed by atoms with Gasteiger partial charge >= 0.3 is 0 Å². The minimum atomic E-state index is -0.469. The van der Waals surface area contributed by atoms with Crippen LogP contribution in [0.3, 0.4) is 0 Å². The van der Waals surface area contributed by atoms with Gasteiger partial charge in [0.25, 0.3) is 5.91 Å². The zero-order chi connectivity index (χ0) is 17.8. The molecule has 0 bridgehead atoms. The van der Waals surface area contributed by atoms with E-state index in [1.807, 2.05) is 4.90 Å². The van der Waals surface area contributed by atoms with E-state index in [1.54, 1.807) is 24.3 Å². The number of carbonyl (C=O) groups is 2. The highest BCUT2D eigenvalue weighted by Gasteiger charge is 2.26. The van der Waals surface area contributed by atoms with Crippen molar-refractivity contribution < 1.29 is 9.59 Å². The van der Waals surface area contributed by atoms with E-state index in [-0.39, 0.29) is 5.91 Å². The maximum Gasteiger partial charge on any atom is 0.253 e. The fraction of sp³-hybridized carbons (Fsp3) is 0.579. The third kappa shape index (κ3) is 4.58. The van der Waals surface area contributed by atoms with E-state index in [4.69, 9.17) is 5.73 Å². The molecular formula is C19H28N4O2. The van der Waals surface area contributed by atoms with Crippen molar-refractivity contribution >= 4 is 11.8 Å². The molecule has 25 heavy (non-hydrogen) atoms. The van der Waals surface area contributed by atoms with E-state index in [2.05, 4.69) is 16.8 Å². The van der Waals surface area contributed by atoms with Crippen molar-refractivity contribution in [3.8, 4) is 0 Å². The van der Waals surface area contributed by atoms with E-state index < -0.39 is 5.91 Å². The van der Waals surface area contributed by atoms with E-state index in [9.17, 15) is 9.59 Å². The van der Waals surface area contributed by atoms with Crippen molar-refractivity contribution in [1.82, 2.24) is 14.7 Å². The predicted octanol–water partition coefficient (Wildman–Crippen LogP) is 0.885. The summed E-state index contributed by atoms with van der Waals surface area (Å²) in [6, 6.07) is 6.63. The van der Waals surface area contributed by atoms with Crippen LogP contribution in [-0.2, 0) is 0 Å². The van der Waals surface area contributed by atoms with Gasteiger partial charge in [-0.2, -0.15) is 0 Å². The Labute approximate surface area is 149 Å². The molecule has 0 radical (unpaired) electrons. The molecule has 1 aromatic rings. The van der Waals surface area contributed by atoms with Gasteiger partial charge < -0.3 is 20.4 Å². The first-order chi connectivity index (χ1) is 12.0. The van der Waals surface area contributed by atoms with Crippen LogP contribution in [0.5, 0.6) is 0 Å². The Morgan fingerprint density at radius 3 is 2.08 bits per heavy atom. The topological polar surface area (TPSA) is 69.9 Å². The molecule has 0 spiro atoms. The number of piperidine rings is 1. The Bertz CT molecular complexity index is 600. The molecule has 1 aromatic carbocycles. The zero-order valence-corrected chi connectivity index (χ0v) is 15.0. The third-order valence-electron chi connectivity index (χ3n) is 5.43. The van der Waals surface area contributed by atoms with Crippen molar-refractivity contribution in [3.63, 3.8) is 0 Å². The summed E-state index contributed by atoms with van der Waals surface area (Å²) in [6.45, 7) is 7.40. The van der Waals surface area contributed by atoms with Crippen molar-refractivity contribution in [2.45, 2.75) is 12.8 Å². The number of piperazine rings is 1. The fourth-order valence-electron chi connectivity index (χ4n) is 3.67. The van der Waals surface area contributed by atoms with Crippen LogP contribution in [0.25, 0.3) is 0 Å². The number of hydrogen-bond acceptors (Lipinski definition) is 4. The number of likely N-dealkylation sites (N-methyl/N-ethyl adjacent to an activating group) is 1. The lowest BCUT2D eigenvalue weighted by molar-refractivity contribution is 0.0643. The van der Waals surface area contributed by atoms with Crippen molar-refractivity contribution in [3.05, 3.63) is 35.4 Å². The minimum Gasteiger partial charge on any atom is -0.366 e. The summed E-state index contributed by atoms with van der Waals surface area (Å²) in [5.74, 6) is 0.266. The molecule has 6 heteroatoms. The maximum atomic E-state index is 12.6. The van der Waals surface area contributed by atoms with Crippen molar-refractivity contribution in [1.29, 1.82) is 0 Å². The number of nitrogens with zero attached hydrogens (tertiary/aromatic N) is 3. The smallest absolute Gasteiger partial charge is 0.253 e. The second-order valence-electron chi connectivity index (χ2n) is 7.28. The molecule has 136 valence electrons. The third-order valence-corrected chi connectivity index (χ3v) is 5.43. The van der Waals surface area contributed by atoms with E-state index in [1.165, 1.54) is 0 Å². The van der Waals surface area contributed by atoms with Gasteiger partial charge in [-0.25, -0.2) is 0 Å². The lowest BCUT2D eigenvalue weighted by Crippen LogP contribution is -2.48. The van der Waals surface area contributed by atoms with Gasteiger partial charge in [0.1, 0.15) is 0 Å². The molecule has 2 amide bonds. The second-order valence-corrected chi connectivity index (χ2v) is 7.28. The maximum absolute atomic E-state index is 12.6. The lowest BCUT2D eigenvalue weighted by Gasteiger charge is -2.38. The highest BCUT2D eigenvalue weighted by molar-refractivity contribution is 5.97. The van der Waals surface area contributed by atoms with Gasteiger partial charge in [-0.3, -0.25) is 9.59 Å². The normalized spacial score (nSPS) is 20.6. The van der Waals surface area contributed by atoms with Gasteiger partial charge in [-0.1, -0.05) is 0 Å². The molecule has 2 aliphatic heterocycles. The average molecular weight is 344 g/mol. The van der Waals surface area contributed by atoms with Crippen LogP contribution < -0.4 is 5.73 Å². The van der Waals surface area contributed by atoms with Crippen molar-refractivity contribution in [2.24, 2.45) is 11.7 Å². The predicted molar refractivity (Wildman–Crippen MR) is 97.5 cm³/mol. The Balaban J connectivity index is 1.48. The van der Waals surface area contributed by atoms with Crippen LogP contribution in [0.1, 0.15) is 33.6 Å². The lowest BCUT2D eigenvalue weighted by atomic mass is 9.95. The van der Waals surface area contributed by atoms with E-state index in [0.29, 0.717) is 17.0 Å². The number of primary amides is 1. The summed E-state index contributed by atoms with van der Waals surface area (Å²) in [4.78, 5) is 30.6. The summed E-state index contributed by atoms with van der Waals surface area (Å²) >= 11 is 0. The molecule has 0 unspecified atom stereocenters. The molecule has 2 aliphatic rings. The molecular weight excluding hydrogens is 316 g/mol. The fourth-order valence-corrected chi connectivity index (χ4v) is 3.67.